The Hall–Kier alpha value is -3.72. The van der Waals surface area contributed by atoms with Gasteiger partial charge in [0.1, 0.15) is 6.07 Å². The first kappa shape index (κ1) is 18.1. The van der Waals surface area contributed by atoms with Crippen LogP contribution in [-0.2, 0) is 0 Å². The Morgan fingerprint density at radius 3 is 2.30 bits per heavy atom. The first-order chi connectivity index (χ1) is 13.0. The fourth-order valence-electron chi connectivity index (χ4n) is 2.88. The van der Waals surface area contributed by atoms with E-state index in [1.165, 1.54) is 12.4 Å². The fourth-order valence-corrected chi connectivity index (χ4v) is 2.88. The summed E-state index contributed by atoms with van der Waals surface area (Å²) in [4.78, 5) is 20.9. The summed E-state index contributed by atoms with van der Waals surface area (Å²) in [7, 11) is 0. The highest BCUT2D eigenvalue weighted by molar-refractivity contribution is 6.04. The van der Waals surface area contributed by atoms with Crippen LogP contribution in [0.25, 0.3) is 0 Å². The van der Waals surface area contributed by atoms with Crippen molar-refractivity contribution in [2.75, 3.05) is 10.6 Å². The summed E-state index contributed by atoms with van der Waals surface area (Å²) in [6, 6.07) is 13.2. The Bertz CT molecular complexity index is 1010. The van der Waals surface area contributed by atoms with Gasteiger partial charge >= 0.3 is 0 Å². The van der Waals surface area contributed by atoms with Gasteiger partial charge in [-0.25, -0.2) is 9.97 Å². The first-order valence-corrected chi connectivity index (χ1v) is 8.45. The van der Waals surface area contributed by atoms with E-state index in [-0.39, 0.29) is 5.91 Å². The maximum Gasteiger partial charge on any atom is 0.258 e. The van der Waals surface area contributed by atoms with Gasteiger partial charge in [0.2, 0.25) is 5.95 Å². The van der Waals surface area contributed by atoms with Gasteiger partial charge in [-0.05, 0) is 44.0 Å². The highest BCUT2D eigenvalue weighted by Crippen LogP contribution is 2.23. The van der Waals surface area contributed by atoms with Crippen LogP contribution >= 0.6 is 0 Å². The minimum atomic E-state index is -0.269. The maximum atomic E-state index is 12.5. The molecule has 27 heavy (non-hydrogen) atoms. The third-order valence-corrected chi connectivity index (χ3v) is 4.12. The number of amides is 1. The van der Waals surface area contributed by atoms with Crippen LogP contribution in [0.4, 0.5) is 17.3 Å². The van der Waals surface area contributed by atoms with Gasteiger partial charge in [0.05, 0.1) is 16.8 Å². The van der Waals surface area contributed by atoms with E-state index in [2.05, 4.69) is 26.7 Å². The van der Waals surface area contributed by atoms with E-state index in [1.807, 2.05) is 39.0 Å². The molecule has 0 aliphatic heterocycles. The number of anilines is 3. The lowest BCUT2D eigenvalue weighted by atomic mass is 10.0. The number of carbonyl (C=O) groups is 1. The molecule has 3 rings (SSSR count). The number of aryl methyl sites for hydroxylation is 3. The van der Waals surface area contributed by atoms with Crippen molar-refractivity contribution in [3.63, 3.8) is 0 Å². The number of hydrogen-bond acceptors (Lipinski definition) is 5. The van der Waals surface area contributed by atoms with Crippen molar-refractivity contribution in [3.05, 3.63) is 76.6 Å². The number of nitriles is 1. The minimum absolute atomic E-state index is 0.269. The van der Waals surface area contributed by atoms with E-state index >= 15 is 0 Å². The zero-order valence-corrected chi connectivity index (χ0v) is 15.4. The van der Waals surface area contributed by atoms with Crippen LogP contribution in [0.5, 0.6) is 0 Å². The minimum Gasteiger partial charge on any atom is -0.323 e. The first-order valence-electron chi connectivity index (χ1n) is 8.45. The number of rotatable bonds is 4. The smallest absolute Gasteiger partial charge is 0.258 e. The Morgan fingerprint density at radius 2 is 1.67 bits per heavy atom. The van der Waals surface area contributed by atoms with Gasteiger partial charge < -0.3 is 10.6 Å². The van der Waals surface area contributed by atoms with E-state index in [1.54, 1.807) is 18.2 Å². The second-order valence-electron chi connectivity index (χ2n) is 6.31. The van der Waals surface area contributed by atoms with Crippen molar-refractivity contribution in [3.8, 4) is 6.07 Å². The number of carbonyl (C=O) groups excluding carboxylic acids is 1. The van der Waals surface area contributed by atoms with E-state index < -0.39 is 0 Å². The van der Waals surface area contributed by atoms with E-state index in [4.69, 9.17) is 5.26 Å². The second kappa shape index (κ2) is 7.67. The molecule has 0 spiro atoms. The van der Waals surface area contributed by atoms with Crippen LogP contribution < -0.4 is 10.6 Å². The quantitative estimate of drug-likeness (QED) is 0.728. The molecule has 3 aromatic rings. The van der Waals surface area contributed by atoms with Crippen molar-refractivity contribution >= 4 is 23.2 Å². The number of nitrogens with one attached hydrogen (secondary N) is 2. The molecule has 0 bridgehead atoms. The lowest BCUT2D eigenvalue weighted by molar-refractivity contribution is 0.102. The topological polar surface area (TPSA) is 90.7 Å². The van der Waals surface area contributed by atoms with E-state index in [9.17, 15) is 4.79 Å². The van der Waals surface area contributed by atoms with Crippen LogP contribution in [0.1, 0.15) is 32.6 Å². The molecule has 0 saturated carbocycles. The van der Waals surface area contributed by atoms with Crippen molar-refractivity contribution in [1.29, 1.82) is 5.26 Å². The third-order valence-electron chi connectivity index (χ3n) is 4.12. The van der Waals surface area contributed by atoms with Crippen LogP contribution in [-0.4, -0.2) is 15.9 Å². The van der Waals surface area contributed by atoms with Crippen molar-refractivity contribution in [1.82, 2.24) is 9.97 Å². The molecule has 0 unspecified atom stereocenters. The van der Waals surface area contributed by atoms with Gasteiger partial charge in [0, 0.05) is 18.1 Å². The van der Waals surface area contributed by atoms with Gasteiger partial charge in [-0.15, -0.1) is 0 Å². The van der Waals surface area contributed by atoms with Gasteiger partial charge in [0.25, 0.3) is 5.91 Å². The molecule has 6 nitrogen and oxygen atoms in total. The summed E-state index contributed by atoms with van der Waals surface area (Å²) in [5.74, 6) is 0.0472. The summed E-state index contributed by atoms with van der Waals surface area (Å²) in [5, 5.41) is 15.0. The summed E-state index contributed by atoms with van der Waals surface area (Å²) >= 11 is 0. The monoisotopic (exact) mass is 357 g/mol. The molecule has 0 aliphatic rings. The zero-order valence-electron chi connectivity index (χ0n) is 15.4. The van der Waals surface area contributed by atoms with Gasteiger partial charge in [-0.2, -0.15) is 5.26 Å². The Morgan fingerprint density at radius 1 is 1.04 bits per heavy atom. The molecule has 0 saturated heterocycles. The Labute approximate surface area is 157 Å². The molecule has 0 radical (unpaired) electrons. The molecular formula is C21H19N5O. The fraction of sp³-hybridized carbons (Fsp3) is 0.143. The highest BCUT2D eigenvalue weighted by atomic mass is 16.1. The number of para-hydroxylation sites is 1. The highest BCUT2D eigenvalue weighted by Gasteiger charge is 2.12. The predicted octanol–water partition coefficient (Wildman–Crippen LogP) is 4.27. The van der Waals surface area contributed by atoms with Crippen LogP contribution in [0.15, 0.2) is 48.8 Å². The average Bonchev–Trinajstić information content (AvgIpc) is 2.65. The summed E-state index contributed by atoms with van der Waals surface area (Å²) in [5.41, 5.74) is 5.43. The van der Waals surface area contributed by atoms with Crippen LogP contribution in [0.3, 0.4) is 0 Å². The van der Waals surface area contributed by atoms with Crippen molar-refractivity contribution in [2.24, 2.45) is 0 Å². The van der Waals surface area contributed by atoms with E-state index in [0.717, 1.165) is 22.4 Å². The molecule has 1 amide bonds. The van der Waals surface area contributed by atoms with Gasteiger partial charge in [-0.1, -0.05) is 29.8 Å². The number of benzene rings is 2. The Balaban J connectivity index is 1.76. The number of aromatic nitrogens is 2. The molecule has 2 N–H and O–H groups in total. The van der Waals surface area contributed by atoms with Crippen molar-refractivity contribution in [2.45, 2.75) is 20.8 Å². The summed E-state index contributed by atoms with van der Waals surface area (Å²) in [6.07, 6.45) is 2.91. The average molecular weight is 357 g/mol. The summed E-state index contributed by atoms with van der Waals surface area (Å²) < 4.78 is 0. The lowest BCUT2D eigenvalue weighted by Crippen LogP contribution is -2.15. The van der Waals surface area contributed by atoms with E-state index in [0.29, 0.717) is 22.8 Å². The largest absolute Gasteiger partial charge is 0.323 e. The summed E-state index contributed by atoms with van der Waals surface area (Å²) in [6.45, 7) is 5.95. The van der Waals surface area contributed by atoms with Gasteiger partial charge in [-0.3, -0.25) is 4.79 Å². The lowest BCUT2D eigenvalue weighted by Gasteiger charge is -2.13. The SMILES string of the molecule is Cc1cc(C)c(NC(=O)c2cnc(Nc3ccccc3C#N)nc2)c(C)c1. The molecule has 0 fully saturated rings. The Kier molecular flexibility index (Phi) is 5.13. The van der Waals surface area contributed by atoms with Crippen LogP contribution in [0, 0.1) is 32.1 Å². The predicted molar refractivity (Wildman–Crippen MR) is 105 cm³/mol. The molecule has 6 heteroatoms. The zero-order chi connectivity index (χ0) is 19.4. The molecule has 1 aromatic heterocycles. The third kappa shape index (κ3) is 4.10. The van der Waals surface area contributed by atoms with Crippen molar-refractivity contribution < 1.29 is 4.79 Å². The maximum absolute atomic E-state index is 12.5. The normalized spacial score (nSPS) is 10.1. The second-order valence-corrected chi connectivity index (χ2v) is 6.31. The number of nitrogens with zero attached hydrogens (tertiary/aromatic N) is 3. The standard InChI is InChI=1S/C21H19N5O/c1-13-8-14(2)19(15(3)9-13)26-20(27)17-11-23-21(24-12-17)25-18-7-5-4-6-16(18)10-22/h4-9,11-12H,1-3H3,(H,26,27)(H,23,24,25). The van der Waals surface area contributed by atoms with Crippen LogP contribution in [0.2, 0.25) is 0 Å². The number of hydrogen-bond donors (Lipinski definition) is 2. The molecular weight excluding hydrogens is 338 g/mol. The molecule has 0 atom stereocenters. The molecule has 0 aliphatic carbocycles. The molecule has 2 aromatic carbocycles. The molecule has 1 heterocycles. The molecule has 134 valence electrons. The van der Waals surface area contributed by atoms with Gasteiger partial charge in [0.15, 0.2) is 0 Å².